The number of hydrogen-bond acceptors (Lipinski definition) is 4. The number of benzene rings is 2. The van der Waals surface area contributed by atoms with Gasteiger partial charge in [-0.1, -0.05) is 48.5 Å². The molecule has 3 fully saturated rings. The number of amides is 1. The second-order valence-electron chi connectivity index (χ2n) is 8.81. The Morgan fingerprint density at radius 1 is 0.935 bits per heavy atom. The van der Waals surface area contributed by atoms with E-state index in [0.717, 1.165) is 25.2 Å². The summed E-state index contributed by atoms with van der Waals surface area (Å²) in [6, 6.07) is 17.8. The molecule has 2 aliphatic heterocycles. The van der Waals surface area contributed by atoms with Crippen LogP contribution < -0.4 is 0 Å². The summed E-state index contributed by atoms with van der Waals surface area (Å²) in [6.45, 7) is 4.85. The van der Waals surface area contributed by atoms with Crippen LogP contribution in [-0.4, -0.2) is 72.1 Å². The third-order valence-electron chi connectivity index (χ3n) is 6.73. The maximum atomic E-state index is 14.0. The summed E-state index contributed by atoms with van der Waals surface area (Å²) >= 11 is 0. The Hall–Kier alpha value is -2.28. The van der Waals surface area contributed by atoms with E-state index in [-0.39, 0.29) is 17.8 Å². The molecular weight excluding hydrogens is 393 g/mol. The predicted octanol–water partition coefficient (Wildman–Crippen LogP) is 3.07. The Balaban J connectivity index is 1.26. The van der Waals surface area contributed by atoms with Crippen molar-refractivity contribution in [3.05, 3.63) is 71.5 Å². The first-order valence-corrected chi connectivity index (χ1v) is 11.4. The third kappa shape index (κ3) is 4.52. The van der Waals surface area contributed by atoms with Crippen molar-refractivity contribution in [2.24, 2.45) is 0 Å². The molecule has 1 aliphatic carbocycles. The molecule has 3 aliphatic rings. The number of rotatable bonds is 5. The van der Waals surface area contributed by atoms with Gasteiger partial charge in [0.15, 0.2) is 6.10 Å². The Kier molecular flexibility index (Phi) is 6.03. The number of carbonyl (C=O) groups excluding carboxylic acids is 1. The second kappa shape index (κ2) is 9.07. The highest BCUT2D eigenvalue weighted by Gasteiger charge is 2.45. The molecule has 31 heavy (non-hydrogen) atoms. The Labute approximate surface area is 183 Å². The largest absolute Gasteiger partial charge is 0.365 e. The van der Waals surface area contributed by atoms with Crippen molar-refractivity contribution in [3.8, 4) is 0 Å². The summed E-state index contributed by atoms with van der Waals surface area (Å²) in [7, 11) is 0. The van der Waals surface area contributed by atoms with Crippen LogP contribution in [0, 0.1) is 5.82 Å². The van der Waals surface area contributed by atoms with Crippen LogP contribution in [0.15, 0.2) is 54.6 Å². The SMILES string of the molecule is O=C(C1OCCN(C2CC2)C1c1ccccc1)N1CCN(Cc2ccccc2F)CC1. The lowest BCUT2D eigenvalue weighted by Crippen LogP contribution is -2.57. The molecule has 0 bridgehead atoms. The van der Waals surface area contributed by atoms with Gasteiger partial charge in [-0.05, 0) is 24.5 Å². The van der Waals surface area contributed by atoms with Gasteiger partial charge < -0.3 is 9.64 Å². The number of piperazine rings is 1. The molecule has 1 saturated carbocycles. The summed E-state index contributed by atoms with van der Waals surface area (Å²) in [6.07, 6.45) is 1.95. The van der Waals surface area contributed by atoms with Gasteiger partial charge in [0.25, 0.3) is 5.91 Å². The summed E-state index contributed by atoms with van der Waals surface area (Å²) < 4.78 is 20.1. The molecule has 1 amide bonds. The monoisotopic (exact) mass is 423 g/mol. The first-order valence-electron chi connectivity index (χ1n) is 11.4. The fourth-order valence-electron chi connectivity index (χ4n) is 4.90. The highest BCUT2D eigenvalue weighted by molar-refractivity contribution is 5.82. The first-order chi connectivity index (χ1) is 15.2. The van der Waals surface area contributed by atoms with E-state index in [2.05, 4.69) is 21.9 Å². The molecule has 0 radical (unpaired) electrons. The fraction of sp³-hybridized carbons (Fsp3) is 0.480. The number of ether oxygens (including phenoxy) is 1. The number of hydrogen-bond donors (Lipinski definition) is 0. The minimum atomic E-state index is -0.463. The average molecular weight is 424 g/mol. The van der Waals surface area contributed by atoms with Crippen LogP contribution >= 0.6 is 0 Å². The fourth-order valence-corrected chi connectivity index (χ4v) is 4.90. The Morgan fingerprint density at radius 3 is 2.35 bits per heavy atom. The van der Waals surface area contributed by atoms with Crippen LogP contribution in [0.25, 0.3) is 0 Å². The lowest BCUT2D eigenvalue weighted by Gasteiger charge is -2.44. The lowest BCUT2D eigenvalue weighted by atomic mass is 9.96. The zero-order valence-electron chi connectivity index (χ0n) is 17.8. The van der Waals surface area contributed by atoms with Crippen molar-refractivity contribution in [3.63, 3.8) is 0 Å². The first kappa shape index (κ1) is 20.6. The van der Waals surface area contributed by atoms with Gasteiger partial charge in [-0.3, -0.25) is 14.6 Å². The van der Waals surface area contributed by atoms with Crippen LogP contribution in [0.3, 0.4) is 0 Å². The molecule has 0 N–H and O–H groups in total. The Bertz CT molecular complexity index is 897. The summed E-state index contributed by atoms with van der Waals surface area (Å²) in [5.41, 5.74) is 1.87. The molecule has 2 aromatic rings. The molecule has 164 valence electrons. The average Bonchev–Trinajstić information content (AvgIpc) is 3.66. The number of nitrogens with zero attached hydrogens (tertiary/aromatic N) is 3. The molecule has 6 heteroatoms. The van der Waals surface area contributed by atoms with E-state index >= 15 is 0 Å². The van der Waals surface area contributed by atoms with Crippen molar-refractivity contribution in [1.29, 1.82) is 0 Å². The molecule has 5 nitrogen and oxygen atoms in total. The molecular formula is C25H30FN3O2. The maximum absolute atomic E-state index is 14.0. The smallest absolute Gasteiger partial charge is 0.253 e. The minimum Gasteiger partial charge on any atom is -0.365 e. The van der Waals surface area contributed by atoms with E-state index in [1.165, 1.54) is 18.9 Å². The second-order valence-corrected chi connectivity index (χ2v) is 8.81. The van der Waals surface area contributed by atoms with Gasteiger partial charge in [-0.2, -0.15) is 0 Å². The minimum absolute atomic E-state index is 0.0219. The van der Waals surface area contributed by atoms with Gasteiger partial charge in [0.1, 0.15) is 5.82 Å². The van der Waals surface area contributed by atoms with E-state index in [0.29, 0.717) is 37.8 Å². The van der Waals surface area contributed by atoms with Gasteiger partial charge in [0, 0.05) is 50.9 Å². The maximum Gasteiger partial charge on any atom is 0.253 e. The molecule has 0 aromatic heterocycles. The van der Waals surface area contributed by atoms with Gasteiger partial charge in [0.2, 0.25) is 0 Å². The molecule has 0 spiro atoms. The normalized spacial score (nSPS) is 25.5. The van der Waals surface area contributed by atoms with Crippen molar-refractivity contribution in [1.82, 2.24) is 14.7 Å². The zero-order chi connectivity index (χ0) is 21.2. The van der Waals surface area contributed by atoms with Gasteiger partial charge >= 0.3 is 0 Å². The molecule has 5 rings (SSSR count). The van der Waals surface area contributed by atoms with Crippen LogP contribution in [0.4, 0.5) is 4.39 Å². The van der Waals surface area contributed by atoms with Crippen LogP contribution in [-0.2, 0) is 16.1 Å². The summed E-state index contributed by atoms with van der Waals surface area (Å²) in [4.78, 5) is 20.2. The van der Waals surface area contributed by atoms with Crippen LogP contribution in [0.1, 0.15) is 30.0 Å². The quantitative estimate of drug-likeness (QED) is 0.741. The van der Waals surface area contributed by atoms with E-state index in [1.807, 2.05) is 35.2 Å². The summed E-state index contributed by atoms with van der Waals surface area (Å²) in [5, 5.41) is 0. The molecule has 2 aromatic carbocycles. The highest BCUT2D eigenvalue weighted by atomic mass is 19.1. The zero-order valence-corrected chi connectivity index (χ0v) is 17.8. The topological polar surface area (TPSA) is 36.0 Å². The molecule has 2 saturated heterocycles. The van der Waals surface area contributed by atoms with E-state index in [1.54, 1.807) is 6.07 Å². The third-order valence-corrected chi connectivity index (χ3v) is 6.73. The lowest BCUT2D eigenvalue weighted by molar-refractivity contribution is -0.159. The number of carbonyl (C=O) groups is 1. The standard InChI is InChI=1S/C25H30FN3O2/c26-22-9-5-4-8-20(22)18-27-12-14-28(15-13-27)25(30)24-23(19-6-2-1-3-7-19)29(16-17-31-24)21-10-11-21/h1-9,21,23-24H,10-18H2. The van der Waals surface area contributed by atoms with Crippen LogP contribution in [0.5, 0.6) is 0 Å². The highest BCUT2D eigenvalue weighted by Crippen LogP contribution is 2.39. The van der Waals surface area contributed by atoms with Crippen molar-refractivity contribution in [2.45, 2.75) is 37.6 Å². The predicted molar refractivity (Wildman–Crippen MR) is 117 cm³/mol. The molecule has 2 atom stereocenters. The van der Waals surface area contributed by atoms with Crippen LogP contribution in [0.2, 0.25) is 0 Å². The Morgan fingerprint density at radius 2 is 1.65 bits per heavy atom. The summed E-state index contributed by atoms with van der Waals surface area (Å²) in [5.74, 6) is -0.0766. The van der Waals surface area contributed by atoms with E-state index in [9.17, 15) is 9.18 Å². The van der Waals surface area contributed by atoms with E-state index < -0.39 is 6.10 Å². The van der Waals surface area contributed by atoms with Crippen molar-refractivity contribution in [2.75, 3.05) is 39.3 Å². The van der Waals surface area contributed by atoms with Gasteiger partial charge in [-0.15, -0.1) is 0 Å². The van der Waals surface area contributed by atoms with Crippen molar-refractivity contribution < 1.29 is 13.9 Å². The number of morpholine rings is 1. The van der Waals surface area contributed by atoms with Crippen molar-refractivity contribution >= 4 is 5.91 Å². The van der Waals surface area contributed by atoms with Gasteiger partial charge in [0.05, 0.1) is 12.6 Å². The number of halogens is 1. The molecule has 2 heterocycles. The molecule has 2 unspecified atom stereocenters. The van der Waals surface area contributed by atoms with Gasteiger partial charge in [-0.25, -0.2) is 4.39 Å². The van der Waals surface area contributed by atoms with E-state index in [4.69, 9.17) is 4.74 Å².